The van der Waals surface area contributed by atoms with Crippen LogP contribution >= 0.6 is 0 Å². The summed E-state index contributed by atoms with van der Waals surface area (Å²) in [5, 5.41) is 0. The fourth-order valence-electron chi connectivity index (χ4n) is 1.87. The molecule has 15 heavy (non-hydrogen) atoms. The minimum atomic E-state index is 0.605. The van der Waals surface area contributed by atoms with Gasteiger partial charge in [0.1, 0.15) is 5.69 Å². The minimum Gasteiger partial charge on any atom is -0.307 e. The van der Waals surface area contributed by atoms with E-state index in [1.807, 2.05) is 0 Å². The lowest BCUT2D eigenvalue weighted by Gasteiger charge is -2.17. The molecule has 1 heteroatoms. The lowest BCUT2D eigenvalue weighted by atomic mass is 9.94. The summed E-state index contributed by atoms with van der Waals surface area (Å²) in [5.74, 6) is 1.22. The Labute approximate surface area is 94.1 Å². The molecule has 1 aromatic carbocycles. The van der Waals surface area contributed by atoms with Crippen molar-refractivity contribution in [2.75, 3.05) is 14.1 Å². The van der Waals surface area contributed by atoms with Crippen molar-refractivity contribution >= 4 is 5.69 Å². The second-order valence-electron chi connectivity index (χ2n) is 5.16. The molecule has 0 fully saturated rings. The summed E-state index contributed by atoms with van der Waals surface area (Å²) >= 11 is 0. The van der Waals surface area contributed by atoms with Crippen LogP contribution in [0, 0.1) is 0 Å². The van der Waals surface area contributed by atoms with Crippen molar-refractivity contribution in [3.05, 3.63) is 29.3 Å². The number of benzene rings is 1. The zero-order valence-electron chi connectivity index (χ0n) is 10.9. The Morgan fingerprint density at radius 3 is 1.93 bits per heavy atom. The number of nitrogens with one attached hydrogen (secondary N) is 1. The molecule has 0 radical (unpaired) electrons. The molecule has 0 amide bonds. The van der Waals surface area contributed by atoms with Gasteiger partial charge in [-0.3, -0.25) is 0 Å². The molecule has 0 aromatic heterocycles. The van der Waals surface area contributed by atoms with E-state index in [4.69, 9.17) is 0 Å². The zero-order chi connectivity index (χ0) is 11.6. The quantitative estimate of drug-likeness (QED) is 0.775. The van der Waals surface area contributed by atoms with Gasteiger partial charge in [0.05, 0.1) is 14.1 Å². The van der Waals surface area contributed by atoms with E-state index in [-0.39, 0.29) is 0 Å². The monoisotopic (exact) mass is 206 g/mol. The second kappa shape index (κ2) is 4.80. The first-order chi connectivity index (χ1) is 6.93. The molecule has 1 rings (SSSR count). The van der Waals surface area contributed by atoms with E-state index >= 15 is 0 Å². The smallest absolute Gasteiger partial charge is 0.134 e. The fourth-order valence-corrected chi connectivity index (χ4v) is 1.87. The third kappa shape index (κ3) is 2.82. The lowest BCUT2D eigenvalue weighted by Crippen LogP contribution is -3.00. The molecule has 1 nitrogen and oxygen atoms in total. The van der Waals surface area contributed by atoms with Crippen LogP contribution in [0.2, 0.25) is 0 Å². The van der Waals surface area contributed by atoms with E-state index in [0.717, 1.165) is 0 Å². The fraction of sp³-hybridized carbons (Fsp3) is 0.571. The van der Waals surface area contributed by atoms with E-state index in [2.05, 4.69) is 60.0 Å². The van der Waals surface area contributed by atoms with Crippen LogP contribution in [0.15, 0.2) is 18.2 Å². The molecule has 0 aliphatic rings. The molecule has 0 aliphatic carbocycles. The Kier molecular flexibility index (Phi) is 3.92. The van der Waals surface area contributed by atoms with Gasteiger partial charge in [-0.1, -0.05) is 33.8 Å². The molecule has 0 spiro atoms. The lowest BCUT2D eigenvalue weighted by molar-refractivity contribution is -0.786. The van der Waals surface area contributed by atoms with Crippen molar-refractivity contribution in [3.63, 3.8) is 0 Å². The SMILES string of the molecule is CC(C)c1ccc([NH+](C)C)c(C(C)C)c1. The first-order valence-electron chi connectivity index (χ1n) is 5.87. The van der Waals surface area contributed by atoms with Crippen LogP contribution in [0.25, 0.3) is 0 Å². The van der Waals surface area contributed by atoms with Gasteiger partial charge in [-0.25, -0.2) is 0 Å². The molecular formula is C14H24N+. The average molecular weight is 206 g/mol. The molecular weight excluding hydrogens is 182 g/mol. The van der Waals surface area contributed by atoms with Gasteiger partial charge >= 0.3 is 0 Å². The Hall–Kier alpha value is -0.820. The Bertz CT molecular complexity index is 324. The first kappa shape index (κ1) is 12.3. The molecule has 0 bridgehead atoms. The van der Waals surface area contributed by atoms with Crippen LogP contribution in [-0.4, -0.2) is 14.1 Å². The molecule has 0 heterocycles. The van der Waals surface area contributed by atoms with Gasteiger partial charge in [0.25, 0.3) is 0 Å². The van der Waals surface area contributed by atoms with E-state index in [0.29, 0.717) is 11.8 Å². The second-order valence-corrected chi connectivity index (χ2v) is 5.16. The average Bonchev–Trinajstić information content (AvgIpc) is 2.16. The molecule has 1 N–H and O–H groups in total. The number of quaternary nitrogens is 1. The van der Waals surface area contributed by atoms with Gasteiger partial charge in [0.15, 0.2) is 0 Å². The highest BCUT2D eigenvalue weighted by atomic mass is 15.1. The van der Waals surface area contributed by atoms with Gasteiger partial charge in [-0.2, -0.15) is 0 Å². The maximum atomic E-state index is 2.37. The molecule has 84 valence electrons. The Morgan fingerprint density at radius 1 is 0.933 bits per heavy atom. The topological polar surface area (TPSA) is 4.44 Å². The highest BCUT2D eigenvalue weighted by molar-refractivity contribution is 5.45. The standard InChI is InChI=1S/C14H23N/c1-10(2)12-7-8-14(15(5)6)13(9-12)11(3)4/h7-11H,1-6H3/p+1. The molecule has 0 unspecified atom stereocenters. The third-order valence-electron chi connectivity index (χ3n) is 2.90. The first-order valence-corrected chi connectivity index (χ1v) is 5.87. The van der Waals surface area contributed by atoms with Crippen molar-refractivity contribution in [1.82, 2.24) is 0 Å². The van der Waals surface area contributed by atoms with Crippen LogP contribution in [0.1, 0.15) is 50.7 Å². The van der Waals surface area contributed by atoms with Crippen LogP contribution in [0.5, 0.6) is 0 Å². The number of hydrogen-bond donors (Lipinski definition) is 1. The molecule has 0 saturated carbocycles. The highest BCUT2D eigenvalue weighted by Crippen LogP contribution is 2.25. The maximum absolute atomic E-state index is 2.37. The van der Waals surface area contributed by atoms with Crippen molar-refractivity contribution in [2.45, 2.75) is 39.5 Å². The van der Waals surface area contributed by atoms with Gasteiger partial charge in [-0.15, -0.1) is 0 Å². The molecule has 0 atom stereocenters. The van der Waals surface area contributed by atoms with Crippen molar-refractivity contribution in [1.29, 1.82) is 0 Å². The van der Waals surface area contributed by atoms with Crippen LogP contribution < -0.4 is 4.90 Å². The van der Waals surface area contributed by atoms with E-state index in [1.54, 1.807) is 0 Å². The molecule has 0 aliphatic heterocycles. The van der Waals surface area contributed by atoms with Crippen LogP contribution in [0.3, 0.4) is 0 Å². The summed E-state index contributed by atoms with van der Waals surface area (Å²) in [4.78, 5) is 1.41. The van der Waals surface area contributed by atoms with E-state index < -0.39 is 0 Å². The zero-order valence-corrected chi connectivity index (χ0v) is 10.9. The summed E-state index contributed by atoms with van der Waals surface area (Å²) in [6, 6.07) is 6.91. The number of rotatable bonds is 3. The van der Waals surface area contributed by atoms with Crippen LogP contribution in [0.4, 0.5) is 5.69 Å². The van der Waals surface area contributed by atoms with Crippen molar-refractivity contribution < 1.29 is 4.90 Å². The normalized spacial score (nSPS) is 11.8. The van der Waals surface area contributed by atoms with E-state index in [1.165, 1.54) is 21.7 Å². The summed E-state index contributed by atoms with van der Waals surface area (Å²) in [6.45, 7) is 9.04. The molecule has 1 aromatic rings. The molecule has 0 saturated heterocycles. The predicted octanol–water partition coefficient (Wildman–Crippen LogP) is 2.71. The summed E-state index contributed by atoms with van der Waals surface area (Å²) in [6.07, 6.45) is 0. The van der Waals surface area contributed by atoms with Crippen LogP contribution in [-0.2, 0) is 0 Å². The predicted molar refractivity (Wildman–Crippen MR) is 67.1 cm³/mol. The Morgan fingerprint density at radius 2 is 1.53 bits per heavy atom. The highest BCUT2D eigenvalue weighted by Gasteiger charge is 2.13. The van der Waals surface area contributed by atoms with Gasteiger partial charge in [-0.05, 0) is 29.5 Å². The van der Waals surface area contributed by atoms with Crippen molar-refractivity contribution in [2.24, 2.45) is 0 Å². The summed E-state index contributed by atoms with van der Waals surface area (Å²) < 4.78 is 0. The summed E-state index contributed by atoms with van der Waals surface area (Å²) in [5.41, 5.74) is 4.36. The Balaban J connectivity index is 3.21. The van der Waals surface area contributed by atoms with E-state index in [9.17, 15) is 0 Å². The summed E-state index contributed by atoms with van der Waals surface area (Å²) in [7, 11) is 4.38. The van der Waals surface area contributed by atoms with Gasteiger partial charge < -0.3 is 4.90 Å². The van der Waals surface area contributed by atoms with Crippen molar-refractivity contribution in [3.8, 4) is 0 Å². The number of hydrogen-bond acceptors (Lipinski definition) is 0. The van der Waals surface area contributed by atoms with Gasteiger partial charge in [0, 0.05) is 5.56 Å². The third-order valence-corrected chi connectivity index (χ3v) is 2.90. The maximum Gasteiger partial charge on any atom is 0.134 e. The van der Waals surface area contributed by atoms with Gasteiger partial charge in [0.2, 0.25) is 0 Å². The largest absolute Gasteiger partial charge is 0.307 e. The minimum absolute atomic E-state index is 0.605.